The summed E-state index contributed by atoms with van der Waals surface area (Å²) in [4.78, 5) is 4.49. The molecule has 2 N–H and O–H groups in total. The second-order valence-corrected chi connectivity index (χ2v) is 5.72. The SMILES string of the molecule is Nc1cc(C2CCCC2)nc2c(F)ccc(Br)c12. The zero-order valence-electron chi connectivity index (χ0n) is 9.92. The van der Waals surface area contributed by atoms with Crippen molar-refractivity contribution < 1.29 is 4.39 Å². The quantitative estimate of drug-likeness (QED) is 0.849. The highest BCUT2D eigenvalue weighted by atomic mass is 79.9. The predicted molar refractivity (Wildman–Crippen MR) is 75.0 cm³/mol. The molecule has 1 aliphatic rings. The fraction of sp³-hybridized carbons (Fsp3) is 0.357. The summed E-state index contributed by atoms with van der Waals surface area (Å²) in [6.45, 7) is 0. The Morgan fingerprint density at radius 1 is 1.28 bits per heavy atom. The zero-order valence-corrected chi connectivity index (χ0v) is 11.5. The Bertz CT molecular complexity index is 606. The Hall–Kier alpha value is -1.16. The molecule has 0 radical (unpaired) electrons. The van der Waals surface area contributed by atoms with E-state index in [2.05, 4.69) is 20.9 Å². The molecule has 0 amide bonds. The lowest BCUT2D eigenvalue weighted by atomic mass is 10.0. The molecule has 0 unspecified atom stereocenters. The van der Waals surface area contributed by atoms with Crippen LogP contribution in [0, 0.1) is 5.82 Å². The van der Waals surface area contributed by atoms with E-state index in [-0.39, 0.29) is 5.82 Å². The van der Waals surface area contributed by atoms with E-state index < -0.39 is 0 Å². The van der Waals surface area contributed by atoms with Crippen molar-refractivity contribution in [3.05, 3.63) is 34.2 Å². The molecule has 4 heteroatoms. The summed E-state index contributed by atoms with van der Waals surface area (Å²) in [5, 5.41) is 0.678. The normalized spacial score (nSPS) is 16.6. The van der Waals surface area contributed by atoms with Crippen LogP contribution in [0.2, 0.25) is 0 Å². The van der Waals surface area contributed by atoms with Crippen molar-refractivity contribution in [2.24, 2.45) is 0 Å². The fourth-order valence-electron chi connectivity index (χ4n) is 2.75. The highest BCUT2D eigenvalue weighted by Crippen LogP contribution is 2.37. The van der Waals surface area contributed by atoms with Crippen molar-refractivity contribution >= 4 is 32.5 Å². The van der Waals surface area contributed by atoms with Gasteiger partial charge in [-0.25, -0.2) is 9.37 Å². The van der Waals surface area contributed by atoms with Crippen LogP contribution in [0.5, 0.6) is 0 Å². The third-order valence-corrected chi connectivity index (χ3v) is 4.35. The summed E-state index contributed by atoms with van der Waals surface area (Å²) in [5.74, 6) is 0.134. The van der Waals surface area contributed by atoms with Crippen LogP contribution >= 0.6 is 15.9 Å². The Labute approximate surface area is 114 Å². The number of pyridine rings is 1. The molecular formula is C14H14BrFN2. The van der Waals surface area contributed by atoms with Crippen LogP contribution < -0.4 is 5.73 Å². The molecule has 0 spiro atoms. The summed E-state index contributed by atoms with van der Waals surface area (Å²) in [5.41, 5.74) is 7.98. The molecule has 0 bridgehead atoms. The summed E-state index contributed by atoms with van der Waals surface area (Å²) in [6.07, 6.45) is 4.72. The van der Waals surface area contributed by atoms with Gasteiger partial charge in [-0.15, -0.1) is 0 Å². The van der Waals surface area contributed by atoms with E-state index in [0.717, 1.165) is 23.0 Å². The number of nitrogen functional groups attached to an aromatic ring is 1. The number of hydrogen-bond donors (Lipinski definition) is 1. The molecule has 1 fully saturated rings. The van der Waals surface area contributed by atoms with Crippen molar-refractivity contribution in [1.29, 1.82) is 0 Å². The van der Waals surface area contributed by atoms with Crippen molar-refractivity contribution in [1.82, 2.24) is 4.98 Å². The van der Waals surface area contributed by atoms with Crippen molar-refractivity contribution in [3.8, 4) is 0 Å². The van der Waals surface area contributed by atoms with Crippen LogP contribution in [-0.2, 0) is 0 Å². The molecule has 1 aromatic carbocycles. The molecule has 0 atom stereocenters. The first-order valence-corrected chi connectivity index (χ1v) is 7.00. The van der Waals surface area contributed by atoms with Crippen LogP contribution in [-0.4, -0.2) is 4.98 Å². The van der Waals surface area contributed by atoms with Gasteiger partial charge in [-0.2, -0.15) is 0 Å². The number of rotatable bonds is 1. The van der Waals surface area contributed by atoms with Gasteiger partial charge in [0.1, 0.15) is 11.3 Å². The number of aromatic nitrogens is 1. The van der Waals surface area contributed by atoms with Gasteiger partial charge in [0.05, 0.1) is 0 Å². The standard InChI is InChI=1S/C14H14BrFN2/c15-9-5-6-10(16)14-13(9)11(17)7-12(18-14)8-3-1-2-4-8/h5-8H,1-4H2,(H2,17,18). The molecule has 1 heterocycles. The Morgan fingerprint density at radius 2 is 2.00 bits per heavy atom. The largest absolute Gasteiger partial charge is 0.398 e. The fourth-order valence-corrected chi connectivity index (χ4v) is 3.30. The van der Waals surface area contributed by atoms with Gasteiger partial charge in [0.15, 0.2) is 0 Å². The third kappa shape index (κ3) is 1.88. The van der Waals surface area contributed by atoms with Crippen molar-refractivity contribution in [2.75, 3.05) is 5.73 Å². The highest BCUT2D eigenvalue weighted by Gasteiger charge is 2.20. The van der Waals surface area contributed by atoms with E-state index >= 15 is 0 Å². The highest BCUT2D eigenvalue weighted by molar-refractivity contribution is 9.10. The van der Waals surface area contributed by atoms with E-state index in [4.69, 9.17) is 5.73 Å². The van der Waals surface area contributed by atoms with Gasteiger partial charge >= 0.3 is 0 Å². The number of anilines is 1. The van der Waals surface area contributed by atoms with Crippen LogP contribution in [0.4, 0.5) is 10.1 Å². The lowest BCUT2D eigenvalue weighted by Gasteiger charge is -2.12. The Morgan fingerprint density at radius 3 is 2.72 bits per heavy atom. The van der Waals surface area contributed by atoms with Gasteiger partial charge < -0.3 is 5.73 Å². The van der Waals surface area contributed by atoms with Gasteiger partial charge in [0.2, 0.25) is 0 Å². The number of nitrogens with two attached hydrogens (primary N) is 1. The molecule has 3 rings (SSSR count). The molecule has 1 saturated carbocycles. The van der Waals surface area contributed by atoms with Crippen molar-refractivity contribution in [3.63, 3.8) is 0 Å². The Kier molecular flexibility index (Phi) is 2.98. The minimum absolute atomic E-state index is 0.306. The average molecular weight is 309 g/mol. The van der Waals surface area contributed by atoms with E-state index in [1.165, 1.54) is 18.9 Å². The minimum atomic E-state index is -0.306. The topological polar surface area (TPSA) is 38.9 Å². The number of fused-ring (bicyclic) bond motifs is 1. The maximum atomic E-state index is 13.9. The lowest BCUT2D eigenvalue weighted by Crippen LogP contribution is -2.01. The number of halogens is 2. The second-order valence-electron chi connectivity index (χ2n) is 4.87. The third-order valence-electron chi connectivity index (χ3n) is 3.68. The van der Waals surface area contributed by atoms with E-state index in [1.807, 2.05) is 6.07 Å². The van der Waals surface area contributed by atoms with E-state index in [1.54, 1.807) is 6.07 Å². The van der Waals surface area contributed by atoms with Crippen LogP contribution in [0.15, 0.2) is 22.7 Å². The van der Waals surface area contributed by atoms with Gasteiger partial charge in [0.25, 0.3) is 0 Å². The summed E-state index contributed by atoms with van der Waals surface area (Å²) in [7, 11) is 0. The first-order chi connectivity index (χ1) is 8.66. The second kappa shape index (κ2) is 4.50. The first kappa shape index (κ1) is 11.9. The van der Waals surface area contributed by atoms with E-state index in [0.29, 0.717) is 22.5 Å². The van der Waals surface area contributed by atoms with Gasteiger partial charge in [-0.1, -0.05) is 28.8 Å². The van der Waals surface area contributed by atoms with Gasteiger partial charge in [-0.05, 0) is 31.0 Å². The maximum absolute atomic E-state index is 13.9. The lowest BCUT2D eigenvalue weighted by molar-refractivity contribution is 0.633. The molecule has 94 valence electrons. The van der Waals surface area contributed by atoms with Crippen molar-refractivity contribution in [2.45, 2.75) is 31.6 Å². The van der Waals surface area contributed by atoms with Gasteiger partial charge in [0, 0.05) is 27.2 Å². The molecule has 2 aromatic rings. The molecule has 0 saturated heterocycles. The smallest absolute Gasteiger partial charge is 0.149 e. The van der Waals surface area contributed by atoms with Crippen LogP contribution in [0.3, 0.4) is 0 Å². The molecule has 1 aromatic heterocycles. The summed E-state index contributed by atoms with van der Waals surface area (Å²) < 4.78 is 14.7. The maximum Gasteiger partial charge on any atom is 0.149 e. The zero-order chi connectivity index (χ0) is 12.7. The number of benzene rings is 1. The first-order valence-electron chi connectivity index (χ1n) is 6.21. The predicted octanol–water partition coefficient (Wildman–Crippen LogP) is 4.38. The van der Waals surface area contributed by atoms with Crippen LogP contribution in [0.25, 0.3) is 10.9 Å². The Balaban J connectivity index is 2.23. The molecule has 0 aliphatic heterocycles. The average Bonchev–Trinajstić information content (AvgIpc) is 2.87. The monoisotopic (exact) mass is 308 g/mol. The molecular weight excluding hydrogens is 295 g/mol. The number of nitrogens with zero attached hydrogens (tertiary/aromatic N) is 1. The van der Waals surface area contributed by atoms with E-state index in [9.17, 15) is 4.39 Å². The minimum Gasteiger partial charge on any atom is -0.398 e. The molecule has 1 aliphatic carbocycles. The molecule has 2 nitrogen and oxygen atoms in total. The van der Waals surface area contributed by atoms with Crippen LogP contribution in [0.1, 0.15) is 37.3 Å². The summed E-state index contributed by atoms with van der Waals surface area (Å²) in [6, 6.07) is 5.00. The van der Waals surface area contributed by atoms with Gasteiger partial charge in [-0.3, -0.25) is 0 Å². The number of hydrogen-bond acceptors (Lipinski definition) is 2. The molecule has 18 heavy (non-hydrogen) atoms. The summed E-state index contributed by atoms with van der Waals surface area (Å²) >= 11 is 3.40.